The van der Waals surface area contributed by atoms with Gasteiger partial charge in [-0.15, -0.1) is 11.3 Å². The van der Waals surface area contributed by atoms with Gasteiger partial charge in [0.1, 0.15) is 5.01 Å². The number of pyridine rings is 1. The van der Waals surface area contributed by atoms with Gasteiger partial charge in [-0.05, 0) is 63.5 Å². The number of aromatic nitrogens is 2. The highest BCUT2D eigenvalue weighted by Crippen LogP contribution is 2.36. The van der Waals surface area contributed by atoms with Crippen LogP contribution in [0.4, 0.5) is 5.69 Å². The number of hydrogen-bond acceptors (Lipinski definition) is 8. The number of carbonyl (C=O) groups excluding carboxylic acids is 3. The average Bonchev–Trinajstić information content (AvgIpc) is 3.45. The Balaban J connectivity index is 1.38. The van der Waals surface area contributed by atoms with Gasteiger partial charge in [0.15, 0.2) is 5.68 Å². The average molecular weight is 505 g/mol. The molecule has 11 heteroatoms. The van der Waals surface area contributed by atoms with Gasteiger partial charge < -0.3 is 24.6 Å². The van der Waals surface area contributed by atoms with Crippen molar-refractivity contribution in [2.75, 3.05) is 26.0 Å². The Morgan fingerprint density at radius 1 is 1.28 bits per heavy atom. The lowest BCUT2D eigenvalue weighted by molar-refractivity contribution is -0.146. The number of hydrogen-bond donors (Lipinski definition) is 1. The first-order chi connectivity index (χ1) is 17.2. The number of rotatable bonds is 4. The Bertz CT molecular complexity index is 1360. The molecule has 3 aromatic rings. The molecule has 2 aromatic heterocycles. The Morgan fingerprint density at radius 3 is 2.86 bits per heavy atom. The highest BCUT2D eigenvalue weighted by molar-refractivity contribution is 7.18. The lowest BCUT2D eigenvalue weighted by Crippen LogP contribution is -2.46. The molecule has 0 spiro atoms. The maximum absolute atomic E-state index is 13.3. The van der Waals surface area contributed by atoms with Gasteiger partial charge in [-0.3, -0.25) is 9.59 Å². The van der Waals surface area contributed by atoms with Crippen LogP contribution in [0.1, 0.15) is 59.7 Å². The van der Waals surface area contributed by atoms with Gasteiger partial charge in [0, 0.05) is 6.54 Å². The first-order valence-corrected chi connectivity index (χ1v) is 12.9. The van der Waals surface area contributed by atoms with E-state index in [1.165, 1.54) is 12.3 Å². The van der Waals surface area contributed by atoms with Crippen molar-refractivity contribution in [1.82, 2.24) is 19.8 Å². The second-order valence-electron chi connectivity index (χ2n) is 9.82. The van der Waals surface area contributed by atoms with Gasteiger partial charge >= 0.3 is 19.3 Å². The molecule has 186 valence electrons. The summed E-state index contributed by atoms with van der Waals surface area (Å²) >= 11 is 1.67. The lowest BCUT2D eigenvalue weighted by Gasteiger charge is -2.38. The molecule has 1 fully saturated rings. The number of nitrogens with one attached hydrogen (secondary N) is 1. The van der Waals surface area contributed by atoms with Crippen LogP contribution >= 0.6 is 11.3 Å². The summed E-state index contributed by atoms with van der Waals surface area (Å²) in [6.07, 6.45) is 3.12. The fourth-order valence-electron chi connectivity index (χ4n) is 4.65. The summed E-state index contributed by atoms with van der Waals surface area (Å²) in [5, 5.41) is 3.66. The van der Waals surface area contributed by atoms with E-state index in [4.69, 9.17) is 9.64 Å². The van der Waals surface area contributed by atoms with Crippen molar-refractivity contribution in [3.8, 4) is 5.88 Å². The maximum atomic E-state index is 13.3. The van der Waals surface area contributed by atoms with Crippen LogP contribution in [0, 0.1) is 5.92 Å². The second-order valence-corrected chi connectivity index (χ2v) is 10.9. The summed E-state index contributed by atoms with van der Waals surface area (Å²) in [5.41, 5.74) is 2.29. The molecule has 2 aliphatic rings. The van der Waals surface area contributed by atoms with Crippen LogP contribution in [0.2, 0.25) is 0 Å². The lowest BCUT2D eigenvalue weighted by atomic mass is 9.89. The number of nitrogens with zero attached hydrogens (tertiary/aromatic N) is 4. The van der Waals surface area contributed by atoms with Crippen molar-refractivity contribution in [3.05, 3.63) is 46.6 Å². The number of carbonyl (C=O) groups is 3. The van der Waals surface area contributed by atoms with Gasteiger partial charge in [-0.1, -0.05) is 13.0 Å². The van der Waals surface area contributed by atoms with Gasteiger partial charge in [0.2, 0.25) is 5.88 Å². The molecule has 3 atom stereocenters. The van der Waals surface area contributed by atoms with E-state index >= 15 is 0 Å². The van der Waals surface area contributed by atoms with E-state index < -0.39 is 11.8 Å². The van der Waals surface area contributed by atoms with Crippen molar-refractivity contribution in [2.24, 2.45) is 5.92 Å². The molecule has 0 bridgehead atoms. The molecular formula is C25H28BN5O4S. The summed E-state index contributed by atoms with van der Waals surface area (Å²) in [6, 6.07) is 7.64. The number of thiazole rings is 1. The summed E-state index contributed by atoms with van der Waals surface area (Å²) in [6.45, 7) is 4.70. The zero-order chi connectivity index (χ0) is 25.6. The second kappa shape index (κ2) is 9.63. The summed E-state index contributed by atoms with van der Waals surface area (Å²) in [7, 11) is 4.00. The van der Waals surface area contributed by atoms with Gasteiger partial charge in [-0.25, -0.2) is 9.97 Å². The largest absolute Gasteiger partial charge is 0.542 e. The highest BCUT2D eigenvalue weighted by atomic mass is 32.1. The molecule has 0 radical (unpaired) electrons. The minimum absolute atomic E-state index is 0.0646. The zero-order valence-corrected chi connectivity index (χ0v) is 21.6. The summed E-state index contributed by atoms with van der Waals surface area (Å²) in [5.74, 6) is -0.825. The summed E-state index contributed by atoms with van der Waals surface area (Å²) < 4.78 is 6.29. The fraction of sp³-hybridized carbons (Fsp3) is 0.400. The molecule has 2 unspecified atom stereocenters. The number of amides is 2. The highest BCUT2D eigenvalue weighted by Gasteiger charge is 2.35. The third-order valence-corrected chi connectivity index (χ3v) is 8.17. The van der Waals surface area contributed by atoms with Crippen molar-refractivity contribution >= 4 is 52.2 Å². The van der Waals surface area contributed by atoms with E-state index in [0.717, 1.165) is 33.6 Å². The van der Waals surface area contributed by atoms with E-state index in [0.29, 0.717) is 17.8 Å². The SMILES string of the molecule is CC1CC[C@H](c2ccc3sc(C(C)N(C)C)nc3c2)N(C(=O)C(=O)Nc2cnc3c(c2)C(=O)BO3)C1. The van der Waals surface area contributed by atoms with Crippen molar-refractivity contribution in [1.29, 1.82) is 0 Å². The molecule has 0 saturated carbocycles. The van der Waals surface area contributed by atoms with Crippen LogP contribution in [-0.4, -0.2) is 65.4 Å². The topological polar surface area (TPSA) is 105 Å². The first kappa shape index (κ1) is 24.4. The minimum atomic E-state index is -0.751. The fourth-order valence-corrected chi connectivity index (χ4v) is 5.75. The number of benzene rings is 1. The molecule has 36 heavy (non-hydrogen) atoms. The maximum Gasteiger partial charge on any atom is 0.420 e. The van der Waals surface area contributed by atoms with Crippen LogP contribution in [0.5, 0.6) is 5.88 Å². The molecule has 0 aliphatic carbocycles. The quantitative estimate of drug-likeness (QED) is 0.429. The Morgan fingerprint density at radius 2 is 2.08 bits per heavy atom. The van der Waals surface area contributed by atoms with Crippen LogP contribution in [0.15, 0.2) is 30.5 Å². The number of fused-ring (bicyclic) bond motifs is 2. The van der Waals surface area contributed by atoms with E-state index in [1.807, 2.05) is 26.2 Å². The Labute approximate surface area is 214 Å². The van der Waals surface area contributed by atoms with Crippen LogP contribution < -0.4 is 9.97 Å². The normalized spacial score (nSPS) is 20.1. The molecule has 5 rings (SSSR count). The smallest absolute Gasteiger partial charge is 0.420 e. The molecular weight excluding hydrogens is 477 g/mol. The predicted octanol–water partition coefficient (Wildman–Crippen LogP) is 3.14. The van der Waals surface area contributed by atoms with Crippen LogP contribution in [0.25, 0.3) is 10.2 Å². The monoisotopic (exact) mass is 505 g/mol. The van der Waals surface area contributed by atoms with Crippen molar-refractivity contribution in [2.45, 2.75) is 38.8 Å². The summed E-state index contributed by atoms with van der Waals surface area (Å²) in [4.78, 5) is 50.9. The van der Waals surface area contributed by atoms with Gasteiger partial charge in [0.25, 0.3) is 0 Å². The van der Waals surface area contributed by atoms with Crippen molar-refractivity contribution in [3.63, 3.8) is 0 Å². The van der Waals surface area contributed by atoms with E-state index in [9.17, 15) is 14.4 Å². The standard InChI is InChI=1S/C25H28BN5O4S/c1-13-5-7-19(15-6-8-20-18(9-15)29-24(36-20)14(2)30(3)4)31(12-13)25(34)22(33)28-16-10-17-21(32)26-35-23(17)27-11-16/h6,8-11,13-14,19,26H,5,7,12H2,1-4H3,(H,28,33)/t13?,14?,19-/m1/s1. The Kier molecular flexibility index (Phi) is 6.52. The molecule has 1 saturated heterocycles. The van der Waals surface area contributed by atoms with Gasteiger partial charge in [0.05, 0.1) is 39.7 Å². The number of likely N-dealkylation sites (tertiary alicyclic amines) is 1. The van der Waals surface area contributed by atoms with Crippen LogP contribution in [-0.2, 0) is 9.59 Å². The molecule has 2 amide bonds. The predicted molar refractivity (Wildman–Crippen MR) is 140 cm³/mol. The first-order valence-electron chi connectivity index (χ1n) is 12.1. The molecule has 4 heterocycles. The number of piperidine rings is 1. The molecule has 9 nitrogen and oxygen atoms in total. The Hall–Kier alpha value is -3.31. The minimum Gasteiger partial charge on any atom is -0.542 e. The van der Waals surface area contributed by atoms with E-state index in [-0.39, 0.29) is 37.0 Å². The molecule has 1 aromatic carbocycles. The van der Waals surface area contributed by atoms with E-state index in [1.54, 1.807) is 16.2 Å². The molecule has 1 N–H and O–H groups in total. The number of anilines is 1. The molecule has 2 aliphatic heterocycles. The van der Waals surface area contributed by atoms with E-state index in [2.05, 4.69) is 35.1 Å². The van der Waals surface area contributed by atoms with Crippen LogP contribution in [0.3, 0.4) is 0 Å². The third-order valence-electron chi connectivity index (χ3n) is 6.97. The van der Waals surface area contributed by atoms with Gasteiger partial charge in [-0.2, -0.15) is 0 Å². The zero-order valence-electron chi connectivity index (χ0n) is 20.8. The van der Waals surface area contributed by atoms with Crippen molar-refractivity contribution < 1.29 is 19.0 Å². The third kappa shape index (κ3) is 4.60.